The Morgan fingerprint density at radius 2 is 2.18 bits per heavy atom. The standard InChI is InChI=1S/C12H15FN2O2/c13-12-10(5-4-6-14-12)17-9-11(16)15-7-2-1-3-8-15/h4-6H,1-3,7-9H2. The van der Waals surface area contributed by atoms with Gasteiger partial charge in [-0.15, -0.1) is 0 Å². The van der Waals surface area contributed by atoms with Crippen molar-refractivity contribution in [2.24, 2.45) is 0 Å². The highest BCUT2D eigenvalue weighted by atomic mass is 19.1. The summed E-state index contributed by atoms with van der Waals surface area (Å²) < 4.78 is 18.2. The fraction of sp³-hybridized carbons (Fsp3) is 0.500. The highest BCUT2D eigenvalue weighted by molar-refractivity contribution is 5.77. The monoisotopic (exact) mass is 238 g/mol. The molecule has 0 spiro atoms. The Balaban J connectivity index is 1.85. The second-order valence-electron chi connectivity index (χ2n) is 4.02. The number of pyridine rings is 1. The van der Waals surface area contributed by atoms with E-state index >= 15 is 0 Å². The maximum atomic E-state index is 13.1. The fourth-order valence-corrected chi connectivity index (χ4v) is 1.85. The van der Waals surface area contributed by atoms with E-state index in [9.17, 15) is 9.18 Å². The summed E-state index contributed by atoms with van der Waals surface area (Å²) >= 11 is 0. The third kappa shape index (κ3) is 3.15. The third-order valence-electron chi connectivity index (χ3n) is 2.78. The Morgan fingerprint density at radius 3 is 2.88 bits per heavy atom. The van der Waals surface area contributed by atoms with Crippen LogP contribution in [0, 0.1) is 5.95 Å². The van der Waals surface area contributed by atoms with Gasteiger partial charge in [-0.25, -0.2) is 4.98 Å². The molecule has 0 saturated carbocycles. The average Bonchev–Trinajstić information content (AvgIpc) is 2.38. The number of aromatic nitrogens is 1. The number of carbonyl (C=O) groups is 1. The summed E-state index contributed by atoms with van der Waals surface area (Å²) in [6.45, 7) is 1.43. The van der Waals surface area contributed by atoms with E-state index in [4.69, 9.17) is 4.74 Å². The molecule has 1 fully saturated rings. The molecule has 4 nitrogen and oxygen atoms in total. The largest absolute Gasteiger partial charge is 0.479 e. The molecule has 0 radical (unpaired) electrons. The summed E-state index contributed by atoms with van der Waals surface area (Å²) in [5, 5.41) is 0. The maximum absolute atomic E-state index is 13.1. The van der Waals surface area contributed by atoms with Crippen LogP contribution in [0.25, 0.3) is 0 Å². The number of hydrogen-bond acceptors (Lipinski definition) is 3. The van der Waals surface area contributed by atoms with Gasteiger partial charge in [-0.3, -0.25) is 4.79 Å². The van der Waals surface area contributed by atoms with Gasteiger partial charge in [-0.2, -0.15) is 4.39 Å². The van der Waals surface area contributed by atoms with Crippen LogP contribution in [-0.2, 0) is 4.79 Å². The van der Waals surface area contributed by atoms with E-state index in [0.717, 1.165) is 25.9 Å². The van der Waals surface area contributed by atoms with Crippen molar-refractivity contribution in [3.63, 3.8) is 0 Å². The molecular weight excluding hydrogens is 223 g/mol. The molecule has 0 unspecified atom stereocenters. The van der Waals surface area contributed by atoms with Gasteiger partial charge in [0.25, 0.3) is 11.9 Å². The first-order valence-electron chi connectivity index (χ1n) is 5.78. The van der Waals surface area contributed by atoms with Crippen LogP contribution in [0.3, 0.4) is 0 Å². The van der Waals surface area contributed by atoms with E-state index in [1.165, 1.54) is 18.7 Å². The summed E-state index contributed by atoms with van der Waals surface area (Å²) in [6, 6.07) is 3.04. The summed E-state index contributed by atoms with van der Waals surface area (Å²) in [7, 11) is 0. The second-order valence-corrected chi connectivity index (χ2v) is 4.02. The number of likely N-dealkylation sites (tertiary alicyclic amines) is 1. The molecule has 1 aromatic heterocycles. The van der Waals surface area contributed by atoms with E-state index < -0.39 is 5.95 Å². The van der Waals surface area contributed by atoms with Crippen LogP contribution < -0.4 is 4.74 Å². The van der Waals surface area contributed by atoms with Gasteiger partial charge in [-0.05, 0) is 31.4 Å². The van der Waals surface area contributed by atoms with E-state index in [1.807, 2.05) is 0 Å². The number of ether oxygens (including phenoxy) is 1. The lowest BCUT2D eigenvalue weighted by Gasteiger charge is -2.26. The van der Waals surface area contributed by atoms with Crippen LogP contribution in [0.4, 0.5) is 4.39 Å². The molecule has 2 rings (SSSR count). The molecule has 0 aliphatic carbocycles. The van der Waals surface area contributed by atoms with Gasteiger partial charge in [0.2, 0.25) is 0 Å². The average molecular weight is 238 g/mol. The molecule has 2 heterocycles. The molecule has 0 bridgehead atoms. The molecule has 1 aliphatic heterocycles. The smallest absolute Gasteiger partial charge is 0.260 e. The minimum absolute atomic E-state index is 0.0258. The lowest BCUT2D eigenvalue weighted by Crippen LogP contribution is -2.38. The highest BCUT2D eigenvalue weighted by Crippen LogP contribution is 2.14. The van der Waals surface area contributed by atoms with Crippen LogP contribution in [0.1, 0.15) is 19.3 Å². The number of amides is 1. The second kappa shape index (κ2) is 5.61. The first-order chi connectivity index (χ1) is 8.27. The first kappa shape index (κ1) is 11.8. The van der Waals surface area contributed by atoms with E-state index in [0.29, 0.717) is 0 Å². The van der Waals surface area contributed by atoms with Crippen LogP contribution in [0.15, 0.2) is 18.3 Å². The number of nitrogens with zero attached hydrogens (tertiary/aromatic N) is 2. The Kier molecular flexibility index (Phi) is 3.90. The van der Waals surface area contributed by atoms with Crippen molar-refractivity contribution in [1.29, 1.82) is 0 Å². The van der Waals surface area contributed by atoms with Crippen LogP contribution in [0.5, 0.6) is 5.75 Å². The molecule has 1 aliphatic rings. The van der Waals surface area contributed by atoms with Crippen molar-refractivity contribution in [3.05, 3.63) is 24.3 Å². The SMILES string of the molecule is O=C(COc1cccnc1F)N1CCCCC1. The third-order valence-corrected chi connectivity index (χ3v) is 2.78. The molecule has 0 aromatic carbocycles. The highest BCUT2D eigenvalue weighted by Gasteiger charge is 2.17. The van der Waals surface area contributed by atoms with Crippen molar-refractivity contribution in [3.8, 4) is 5.75 Å². The minimum atomic E-state index is -0.682. The van der Waals surface area contributed by atoms with Gasteiger partial charge in [0, 0.05) is 19.3 Å². The van der Waals surface area contributed by atoms with Crippen molar-refractivity contribution in [2.75, 3.05) is 19.7 Å². The molecule has 17 heavy (non-hydrogen) atoms. The molecule has 0 atom stereocenters. The van der Waals surface area contributed by atoms with Crippen molar-refractivity contribution in [2.45, 2.75) is 19.3 Å². The van der Waals surface area contributed by atoms with E-state index in [1.54, 1.807) is 11.0 Å². The van der Waals surface area contributed by atoms with Crippen molar-refractivity contribution in [1.82, 2.24) is 9.88 Å². The zero-order valence-corrected chi connectivity index (χ0v) is 9.56. The molecule has 0 N–H and O–H groups in total. The molecular formula is C12H15FN2O2. The number of hydrogen-bond donors (Lipinski definition) is 0. The van der Waals surface area contributed by atoms with Gasteiger partial charge in [0.1, 0.15) is 0 Å². The van der Waals surface area contributed by atoms with Gasteiger partial charge in [0.05, 0.1) is 0 Å². The summed E-state index contributed by atoms with van der Waals surface area (Å²) in [5.74, 6) is -0.746. The zero-order chi connectivity index (χ0) is 12.1. The van der Waals surface area contributed by atoms with Crippen molar-refractivity contribution >= 4 is 5.91 Å². The molecule has 1 aromatic rings. The van der Waals surface area contributed by atoms with Gasteiger partial charge >= 0.3 is 0 Å². The Bertz CT molecular complexity index is 392. The zero-order valence-electron chi connectivity index (χ0n) is 9.56. The predicted octanol–water partition coefficient (Wildman–Crippen LogP) is 1.61. The van der Waals surface area contributed by atoms with Crippen LogP contribution >= 0.6 is 0 Å². The molecule has 1 amide bonds. The Morgan fingerprint density at radius 1 is 1.41 bits per heavy atom. The molecule has 1 saturated heterocycles. The maximum Gasteiger partial charge on any atom is 0.260 e. The normalized spacial score (nSPS) is 15.7. The molecule has 92 valence electrons. The van der Waals surface area contributed by atoms with Crippen molar-refractivity contribution < 1.29 is 13.9 Å². The number of piperidine rings is 1. The minimum Gasteiger partial charge on any atom is -0.479 e. The summed E-state index contributed by atoms with van der Waals surface area (Å²) in [4.78, 5) is 17.0. The molecule has 5 heteroatoms. The Labute approximate surface area is 99.4 Å². The van der Waals surface area contributed by atoms with Crippen LogP contribution in [-0.4, -0.2) is 35.5 Å². The summed E-state index contributed by atoms with van der Waals surface area (Å²) in [5.41, 5.74) is 0. The lowest BCUT2D eigenvalue weighted by atomic mass is 10.1. The van der Waals surface area contributed by atoms with E-state index in [-0.39, 0.29) is 18.3 Å². The van der Waals surface area contributed by atoms with Gasteiger partial charge < -0.3 is 9.64 Å². The lowest BCUT2D eigenvalue weighted by molar-refractivity contribution is -0.134. The van der Waals surface area contributed by atoms with Crippen LogP contribution in [0.2, 0.25) is 0 Å². The first-order valence-corrected chi connectivity index (χ1v) is 5.78. The fourth-order valence-electron chi connectivity index (χ4n) is 1.85. The Hall–Kier alpha value is -1.65. The number of carbonyl (C=O) groups excluding carboxylic acids is 1. The number of rotatable bonds is 3. The van der Waals surface area contributed by atoms with Gasteiger partial charge in [0.15, 0.2) is 12.4 Å². The van der Waals surface area contributed by atoms with Gasteiger partial charge in [-0.1, -0.05) is 0 Å². The summed E-state index contributed by atoms with van der Waals surface area (Å²) in [6.07, 6.45) is 4.58. The topological polar surface area (TPSA) is 42.4 Å². The van der Waals surface area contributed by atoms with E-state index in [2.05, 4.69) is 4.98 Å². The predicted molar refractivity (Wildman–Crippen MR) is 60.1 cm³/mol. The quantitative estimate of drug-likeness (QED) is 0.751. The number of halogens is 1.